The van der Waals surface area contributed by atoms with E-state index in [2.05, 4.69) is 5.32 Å². The third-order valence-corrected chi connectivity index (χ3v) is 3.49. The van der Waals surface area contributed by atoms with Crippen LogP contribution in [0.1, 0.15) is 37.3 Å². The van der Waals surface area contributed by atoms with Crippen molar-refractivity contribution in [3.8, 4) is 0 Å². The van der Waals surface area contributed by atoms with Gasteiger partial charge in [-0.3, -0.25) is 4.79 Å². The largest absolute Gasteiger partial charge is 0.326 e. The molecule has 0 bridgehead atoms. The Morgan fingerprint density at radius 2 is 2.10 bits per heavy atom. The maximum Gasteiger partial charge on any atom is 0.224 e. The Labute approximate surface area is 117 Å². The molecule has 1 aromatic carbocycles. The Morgan fingerprint density at radius 1 is 1.35 bits per heavy atom. The summed E-state index contributed by atoms with van der Waals surface area (Å²) in [5.74, 6) is -1.61. The molecule has 1 aliphatic heterocycles. The number of aryl methyl sites for hydroxylation is 1. The lowest BCUT2D eigenvalue weighted by Crippen LogP contribution is -2.19. The number of anilines is 1. The van der Waals surface area contributed by atoms with E-state index in [1.165, 1.54) is 13.0 Å². The van der Waals surface area contributed by atoms with E-state index >= 15 is 0 Å². The minimum Gasteiger partial charge on any atom is -0.326 e. The Hall–Kier alpha value is -1.97. The van der Waals surface area contributed by atoms with E-state index in [4.69, 9.17) is 0 Å². The predicted octanol–water partition coefficient (Wildman–Crippen LogP) is 4.40. The minimum absolute atomic E-state index is 0.000436. The zero-order valence-corrected chi connectivity index (χ0v) is 11.5. The first-order valence-electron chi connectivity index (χ1n) is 6.63. The fourth-order valence-corrected chi connectivity index (χ4v) is 2.17. The number of carbonyl (C=O) groups is 1. The third kappa shape index (κ3) is 3.13. The van der Waals surface area contributed by atoms with E-state index < -0.39 is 17.6 Å². The number of benzene rings is 1. The van der Waals surface area contributed by atoms with Crippen LogP contribution in [0.25, 0.3) is 0 Å². The van der Waals surface area contributed by atoms with Crippen molar-refractivity contribution < 1.29 is 13.6 Å². The smallest absolute Gasteiger partial charge is 0.224 e. The van der Waals surface area contributed by atoms with Gasteiger partial charge in [0.15, 0.2) is 0 Å². The highest BCUT2D eigenvalue weighted by molar-refractivity contribution is 5.93. The van der Waals surface area contributed by atoms with Crippen molar-refractivity contribution in [2.75, 3.05) is 5.32 Å². The van der Waals surface area contributed by atoms with Gasteiger partial charge in [0.05, 0.1) is 0 Å². The molecule has 0 aromatic heterocycles. The zero-order chi connectivity index (χ0) is 14.7. The van der Waals surface area contributed by atoms with Gasteiger partial charge in [-0.05, 0) is 30.5 Å². The Morgan fingerprint density at radius 3 is 2.80 bits per heavy atom. The molecule has 0 aliphatic carbocycles. The molecule has 1 unspecified atom stereocenters. The summed E-state index contributed by atoms with van der Waals surface area (Å²) < 4.78 is 27.0. The topological polar surface area (TPSA) is 29.1 Å². The lowest BCUT2D eigenvalue weighted by atomic mass is 9.93. The van der Waals surface area contributed by atoms with Crippen molar-refractivity contribution in [2.45, 2.75) is 32.6 Å². The molecule has 4 heteroatoms. The fourth-order valence-electron chi connectivity index (χ4n) is 2.17. The van der Waals surface area contributed by atoms with Crippen LogP contribution < -0.4 is 5.32 Å². The minimum atomic E-state index is -0.584. The van der Waals surface area contributed by atoms with Gasteiger partial charge in [-0.1, -0.05) is 25.1 Å². The third-order valence-electron chi connectivity index (χ3n) is 3.49. The first kappa shape index (κ1) is 14.4. The average Bonchev–Trinajstić information content (AvgIpc) is 2.45. The molecule has 0 radical (unpaired) electrons. The van der Waals surface area contributed by atoms with Crippen LogP contribution in [0.3, 0.4) is 0 Å². The van der Waals surface area contributed by atoms with Gasteiger partial charge in [-0.15, -0.1) is 0 Å². The van der Waals surface area contributed by atoms with Crippen molar-refractivity contribution in [3.05, 3.63) is 53.1 Å². The molecular formula is C16H17F2NO. The van der Waals surface area contributed by atoms with Gasteiger partial charge in [0.1, 0.15) is 11.7 Å². The quantitative estimate of drug-likeness (QED) is 0.815. The average molecular weight is 277 g/mol. The number of fused-ring (bicyclic) bond motifs is 1. The number of nitrogens with one attached hydrogen (secondary N) is 1. The molecule has 20 heavy (non-hydrogen) atoms. The monoisotopic (exact) mass is 277 g/mol. The van der Waals surface area contributed by atoms with Crippen LogP contribution in [-0.2, 0) is 11.2 Å². The normalized spacial score (nSPS) is 17.5. The van der Waals surface area contributed by atoms with Crippen molar-refractivity contribution in [1.29, 1.82) is 0 Å². The summed E-state index contributed by atoms with van der Waals surface area (Å²) >= 11 is 0. The lowest BCUT2D eigenvalue weighted by Gasteiger charge is -2.19. The molecule has 1 atom stereocenters. The van der Waals surface area contributed by atoms with E-state index in [0.29, 0.717) is 12.8 Å². The second-order valence-corrected chi connectivity index (χ2v) is 4.89. The maximum absolute atomic E-state index is 13.9. The van der Waals surface area contributed by atoms with E-state index in [1.54, 1.807) is 19.1 Å². The highest BCUT2D eigenvalue weighted by atomic mass is 19.1. The predicted molar refractivity (Wildman–Crippen MR) is 75.9 cm³/mol. The van der Waals surface area contributed by atoms with Crippen molar-refractivity contribution in [1.82, 2.24) is 0 Å². The molecule has 2 nitrogen and oxygen atoms in total. The van der Waals surface area contributed by atoms with Gasteiger partial charge in [-0.25, -0.2) is 8.78 Å². The highest BCUT2D eigenvalue weighted by Gasteiger charge is 2.18. The van der Waals surface area contributed by atoms with Crippen molar-refractivity contribution in [3.63, 3.8) is 0 Å². The number of hydrogen-bond acceptors (Lipinski definition) is 1. The lowest BCUT2D eigenvalue weighted by molar-refractivity contribution is -0.116. The van der Waals surface area contributed by atoms with Gasteiger partial charge < -0.3 is 5.32 Å². The molecule has 1 N–H and O–H groups in total. The molecule has 0 saturated carbocycles. The Balaban J connectivity index is 2.26. The van der Waals surface area contributed by atoms with Crippen LogP contribution in [0.15, 0.2) is 42.0 Å². The van der Waals surface area contributed by atoms with E-state index in [1.807, 2.05) is 6.07 Å². The molecule has 0 spiro atoms. The molecule has 1 heterocycles. The van der Waals surface area contributed by atoms with Crippen molar-refractivity contribution >= 4 is 11.6 Å². The second-order valence-electron chi connectivity index (χ2n) is 4.89. The summed E-state index contributed by atoms with van der Waals surface area (Å²) in [6, 6.07) is 5.41. The standard InChI is InChI=1S/C16H17F2NO/c1-3-13(17)9-14(18)10(2)11-4-6-15-12(8-11)5-7-16(20)19-15/h3-4,6,8-10H,5,7H2,1-2H3,(H,19,20)/b13-3+,14-9+. The van der Waals surface area contributed by atoms with E-state index in [-0.39, 0.29) is 5.91 Å². The molecular weight excluding hydrogens is 260 g/mol. The molecule has 0 saturated heterocycles. The summed E-state index contributed by atoms with van der Waals surface area (Å²) in [5.41, 5.74) is 2.55. The number of rotatable bonds is 3. The van der Waals surface area contributed by atoms with Gasteiger partial charge in [0.2, 0.25) is 5.91 Å². The van der Waals surface area contributed by atoms with E-state index in [0.717, 1.165) is 22.9 Å². The summed E-state index contributed by atoms with van der Waals surface area (Å²) in [4.78, 5) is 11.3. The Kier molecular flexibility index (Phi) is 4.32. The number of amides is 1. The van der Waals surface area contributed by atoms with Gasteiger partial charge in [0.25, 0.3) is 0 Å². The summed E-state index contributed by atoms with van der Waals surface area (Å²) in [6.45, 7) is 3.21. The highest BCUT2D eigenvalue weighted by Crippen LogP contribution is 2.31. The van der Waals surface area contributed by atoms with Crippen LogP contribution in [0.5, 0.6) is 0 Å². The van der Waals surface area contributed by atoms with Crippen LogP contribution in [0.4, 0.5) is 14.5 Å². The van der Waals surface area contributed by atoms with Gasteiger partial charge >= 0.3 is 0 Å². The molecule has 1 aromatic rings. The summed E-state index contributed by atoms with van der Waals surface area (Å²) in [6.07, 6.45) is 3.22. The second kappa shape index (κ2) is 5.99. The zero-order valence-electron chi connectivity index (χ0n) is 11.5. The molecule has 2 rings (SSSR count). The van der Waals surface area contributed by atoms with Crippen LogP contribution in [-0.4, -0.2) is 5.91 Å². The van der Waals surface area contributed by atoms with Crippen molar-refractivity contribution in [2.24, 2.45) is 0 Å². The van der Waals surface area contributed by atoms with Gasteiger partial charge in [-0.2, -0.15) is 0 Å². The number of halogens is 2. The number of allylic oxidation sites excluding steroid dienone is 4. The van der Waals surface area contributed by atoms with Gasteiger partial charge in [0, 0.05) is 24.1 Å². The van der Waals surface area contributed by atoms with Crippen LogP contribution >= 0.6 is 0 Å². The molecule has 106 valence electrons. The van der Waals surface area contributed by atoms with Crippen LogP contribution in [0.2, 0.25) is 0 Å². The molecule has 1 amide bonds. The Bertz CT molecular complexity index is 590. The fraction of sp³-hybridized carbons (Fsp3) is 0.312. The SMILES string of the molecule is C/C=C(F)\C=C(\F)C(C)c1ccc2c(c1)CCC(=O)N2. The maximum atomic E-state index is 13.9. The first-order chi connectivity index (χ1) is 9.51. The number of carbonyl (C=O) groups excluding carboxylic acids is 1. The first-order valence-corrected chi connectivity index (χ1v) is 6.63. The summed E-state index contributed by atoms with van der Waals surface area (Å²) in [5, 5.41) is 2.78. The van der Waals surface area contributed by atoms with Crippen LogP contribution in [0, 0.1) is 0 Å². The van der Waals surface area contributed by atoms with E-state index in [9.17, 15) is 13.6 Å². The molecule has 1 aliphatic rings. The summed E-state index contributed by atoms with van der Waals surface area (Å²) in [7, 11) is 0. The molecule has 0 fully saturated rings. The number of hydrogen-bond donors (Lipinski definition) is 1.